The average molecular weight is 277 g/mol. The highest BCUT2D eigenvalue weighted by Crippen LogP contribution is 2.23. The number of halogens is 3. The molecular weight excluding hydrogens is 259 g/mol. The molecule has 2 N–H and O–H groups in total. The number of alkyl halides is 3. The fourth-order valence-corrected chi connectivity index (χ4v) is 1.56. The summed E-state index contributed by atoms with van der Waals surface area (Å²) in [6.07, 6.45) is -3.70. The molecule has 0 spiro atoms. The van der Waals surface area contributed by atoms with Crippen LogP contribution in [0.15, 0.2) is 24.3 Å². The van der Waals surface area contributed by atoms with Crippen LogP contribution in [-0.2, 0) is 6.54 Å². The van der Waals surface area contributed by atoms with E-state index in [4.69, 9.17) is 0 Å². The van der Waals surface area contributed by atoms with Crippen LogP contribution in [0.1, 0.15) is 25.3 Å². The molecule has 0 heterocycles. The van der Waals surface area contributed by atoms with Crippen LogP contribution in [0.25, 0.3) is 0 Å². The third-order valence-corrected chi connectivity index (χ3v) is 2.59. The number of nitrogens with one attached hydrogen (secondary N) is 1. The van der Waals surface area contributed by atoms with E-state index < -0.39 is 6.36 Å². The van der Waals surface area contributed by atoms with Crippen molar-refractivity contribution in [1.82, 2.24) is 5.32 Å². The number of rotatable bonds is 7. The van der Waals surface area contributed by atoms with Gasteiger partial charge in [0.05, 0.1) is 6.10 Å². The molecule has 19 heavy (non-hydrogen) atoms. The first-order chi connectivity index (χ1) is 8.90. The van der Waals surface area contributed by atoms with Gasteiger partial charge >= 0.3 is 6.36 Å². The number of aliphatic hydroxyl groups excluding tert-OH is 1. The van der Waals surface area contributed by atoms with Crippen LogP contribution < -0.4 is 10.1 Å². The Morgan fingerprint density at radius 1 is 1.37 bits per heavy atom. The topological polar surface area (TPSA) is 41.5 Å². The minimum absolute atomic E-state index is 0.222. The molecule has 1 rings (SSSR count). The zero-order chi connectivity index (χ0) is 14.3. The van der Waals surface area contributed by atoms with Gasteiger partial charge < -0.3 is 15.2 Å². The van der Waals surface area contributed by atoms with Gasteiger partial charge in [-0.05, 0) is 37.1 Å². The highest BCUT2D eigenvalue weighted by atomic mass is 19.4. The predicted octanol–water partition coefficient (Wildman–Crippen LogP) is 2.84. The molecule has 0 amide bonds. The molecule has 1 aromatic carbocycles. The van der Waals surface area contributed by atoms with Crippen molar-refractivity contribution in [2.24, 2.45) is 0 Å². The second kappa shape index (κ2) is 7.35. The molecule has 0 saturated carbocycles. The number of ether oxygens (including phenoxy) is 1. The summed E-state index contributed by atoms with van der Waals surface area (Å²) in [5, 5.41) is 12.4. The Bertz CT molecular complexity index is 382. The standard InChI is InChI=1S/C13H18F3NO2/c1-2-11(18)6-7-17-9-10-4-3-5-12(8-10)19-13(14,15)16/h3-5,8,11,17-18H,2,6-7,9H2,1H3. The molecule has 0 radical (unpaired) electrons. The van der Waals surface area contributed by atoms with Gasteiger partial charge in [-0.2, -0.15) is 0 Å². The molecule has 3 nitrogen and oxygen atoms in total. The van der Waals surface area contributed by atoms with E-state index in [9.17, 15) is 18.3 Å². The lowest BCUT2D eigenvalue weighted by atomic mass is 10.2. The number of benzene rings is 1. The van der Waals surface area contributed by atoms with Gasteiger partial charge in [0.25, 0.3) is 0 Å². The lowest BCUT2D eigenvalue weighted by Gasteiger charge is -2.11. The zero-order valence-electron chi connectivity index (χ0n) is 10.7. The van der Waals surface area contributed by atoms with Crippen LogP contribution in [0.3, 0.4) is 0 Å². The lowest BCUT2D eigenvalue weighted by molar-refractivity contribution is -0.274. The minimum Gasteiger partial charge on any atom is -0.406 e. The van der Waals surface area contributed by atoms with Gasteiger partial charge in [-0.15, -0.1) is 13.2 Å². The van der Waals surface area contributed by atoms with Crippen molar-refractivity contribution in [3.63, 3.8) is 0 Å². The van der Waals surface area contributed by atoms with E-state index in [0.717, 1.165) is 0 Å². The second-order valence-corrected chi connectivity index (χ2v) is 4.22. The van der Waals surface area contributed by atoms with Crippen molar-refractivity contribution in [3.05, 3.63) is 29.8 Å². The Hall–Kier alpha value is -1.27. The van der Waals surface area contributed by atoms with Gasteiger partial charge in [-0.25, -0.2) is 0 Å². The first-order valence-electron chi connectivity index (χ1n) is 6.14. The van der Waals surface area contributed by atoms with Gasteiger partial charge in [0.2, 0.25) is 0 Å². The number of hydrogen-bond donors (Lipinski definition) is 2. The average Bonchev–Trinajstić information content (AvgIpc) is 2.32. The monoisotopic (exact) mass is 277 g/mol. The van der Waals surface area contributed by atoms with Crippen molar-refractivity contribution in [2.75, 3.05) is 6.54 Å². The van der Waals surface area contributed by atoms with Crippen LogP contribution in [0.5, 0.6) is 5.75 Å². The quantitative estimate of drug-likeness (QED) is 0.753. The minimum atomic E-state index is -4.67. The molecule has 108 valence electrons. The van der Waals surface area contributed by atoms with Crippen LogP contribution in [0, 0.1) is 0 Å². The van der Waals surface area contributed by atoms with Crippen molar-refractivity contribution in [1.29, 1.82) is 0 Å². The molecule has 6 heteroatoms. The zero-order valence-corrected chi connectivity index (χ0v) is 10.7. The summed E-state index contributed by atoms with van der Waals surface area (Å²) in [5.74, 6) is -0.222. The highest BCUT2D eigenvalue weighted by molar-refractivity contribution is 5.28. The molecule has 1 atom stereocenters. The molecule has 0 saturated heterocycles. The molecule has 1 aromatic rings. The maximum absolute atomic E-state index is 12.0. The Morgan fingerprint density at radius 3 is 2.74 bits per heavy atom. The van der Waals surface area contributed by atoms with Crippen molar-refractivity contribution in [3.8, 4) is 5.75 Å². The van der Waals surface area contributed by atoms with E-state index in [0.29, 0.717) is 31.5 Å². The summed E-state index contributed by atoms with van der Waals surface area (Å²) in [6, 6.07) is 5.83. The Labute approximate surface area is 110 Å². The number of aliphatic hydroxyl groups is 1. The van der Waals surface area contributed by atoms with E-state index >= 15 is 0 Å². The van der Waals surface area contributed by atoms with Gasteiger partial charge in [-0.1, -0.05) is 19.1 Å². The first-order valence-corrected chi connectivity index (χ1v) is 6.14. The Balaban J connectivity index is 2.40. The maximum atomic E-state index is 12.0. The van der Waals surface area contributed by atoms with Crippen molar-refractivity contribution < 1.29 is 23.0 Å². The smallest absolute Gasteiger partial charge is 0.406 e. The lowest BCUT2D eigenvalue weighted by Crippen LogP contribution is -2.20. The van der Waals surface area contributed by atoms with E-state index in [1.807, 2.05) is 6.92 Å². The maximum Gasteiger partial charge on any atom is 0.573 e. The molecule has 0 bridgehead atoms. The van der Waals surface area contributed by atoms with E-state index in [2.05, 4.69) is 10.1 Å². The highest BCUT2D eigenvalue weighted by Gasteiger charge is 2.31. The van der Waals surface area contributed by atoms with Gasteiger partial charge in [0, 0.05) is 6.54 Å². The van der Waals surface area contributed by atoms with Crippen LogP contribution in [-0.4, -0.2) is 24.1 Å². The van der Waals surface area contributed by atoms with Gasteiger partial charge in [0.1, 0.15) is 5.75 Å². The van der Waals surface area contributed by atoms with E-state index in [1.54, 1.807) is 6.07 Å². The van der Waals surface area contributed by atoms with Gasteiger partial charge in [0.15, 0.2) is 0 Å². The van der Waals surface area contributed by atoms with Crippen LogP contribution in [0.4, 0.5) is 13.2 Å². The van der Waals surface area contributed by atoms with E-state index in [-0.39, 0.29) is 11.9 Å². The Morgan fingerprint density at radius 2 is 2.11 bits per heavy atom. The first kappa shape index (κ1) is 15.8. The van der Waals surface area contributed by atoms with Crippen molar-refractivity contribution in [2.45, 2.75) is 38.8 Å². The summed E-state index contributed by atoms with van der Waals surface area (Å²) in [6.45, 7) is 2.94. The van der Waals surface area contributed by atoms with E-state index in [1.165, 1.54) is 18.2 Å². The SMILES string of the molecule is CCC(O)CCNCc1cccc(OC(F)(F)F)c1. The summed E-state index contributed by atoms with van der Waals surface area (Å²) in [5.41, 5.74) is 0.702. The molecule has 0 aromatic heterocycles. The fourth-order valence-electron chi connectivity index (χ4n) is 1.56. The summed E-state index contributed by atoms with van der Waals surface area (Å²) in [4.78, 5) is 0. The molecule has 0 fully saturated rings. The van der Waals surface area contributed by atoms with Gasteiger partial charge in [-0.3, -0.25) is 0 Å². The summed E-state index contributed by atoms with van der Waals surface area (Å²) in [7, 11) is 0. The Kier molecular flexibility index (Phi) is 6.11. The van der Waals surface area contributed by atoms with Crippen LogP contribution >= 0.6 is 0 Å². The largest absolute Gasteiger partial charge is 0.573 e. The van der Waals surface area contributed by atoms with Crippen molar-refractivity contribution >= 4 is 0 Å². The number of hydrogen-bond acceptors (Lipinski definition) is 3. The molecule has 0 aliphatic rings. The fraction of sp³-hybridized carbons (Fsp3) is 0.538. The third-order valence-electron chi connectivity index (χ3n) is 2.59. The third kappa shape index (κ3) is 7.03. The molecule has 0 aliphatic carbocycles. The molecule has 0 aliphatic heterocycles. The normalized spacial score (nSPS) is 13.3. The summed E-state index contributed by atoms with van der Waals surface area (Å²) < 4.78 is 40.0. The van der Waals surface area contributed by atoms with Crippen LogP contribution in [0.2, 0.25) is 0 Å². The second-order valence-electron chi connectivity index (χ2n) is 4.22. The molecular formula is C13H18F3NO2. The predicted molar refractivity (Wildman–Crippen MR) is 65.7 cm³/mol. The molecule has 1 unspecified atom stereocenters. The summed E-state index contributed by atoms with van der Waals surface area (Å²) >= 11 is 0.